The number of likely N-dealkylation sites (N-methyl/N-ethyl adjacent to an activating group) is 1. The lowest BCUT2D eigenvalue weighted by Crippen LogP contribution is -2.34. The van der Waals surface area contributed by atoms with Crippen molar-refractivity contribution in [2.75, 3.05) is 39.8 Å². The third kappa shape index (κ3) is 5.68. The van der Waals surface area contributed by atoms with E-state index in [1.165, 1.54) is 18.5 Å². The van der Waals surface area contributed by atoms with Crippen molar-refractivity contribution in [2.45, 2.75) is 25.4 Å². The van der Waals surface area contributed by atoms with Gasteiger partial charge < -0.3 is 15.0 Å². The Kier molecular flexibility index (Phi) is 6.27. The summed E-state index contributed by atoms with van der Waals surface area (Å²) >= 11 is 0. The summed E-state index contributed by atoms with van der Waals surface area (Å²) in [5.41, 5.74) is 1.17. The summed E-state index contributed by atoms with van der Waals surface area (Å²) in [6, 6.07) is 6.09. The molecule has 106 valence electrons. The Morgan fingerprint density at radius 1 is 1.42 bits per heavy atom. The topological polar surface area (TPSA) is 37.4 Å². The van der Waals surface area contributed by atoms with Crippen molar-refractivity contribution in [3.8, 4) is 0 Å². The minimum absolute atomic E-state index is 0.443. The van der Waals surface area contributed by atoms with Crippen LogP contribution in [-0.4, -0.2) is 55.8 Å². The molecule has 2 rings (SSSR count). The highest BCUT2D eigenvalue weighted by atomic mass is 16.5. The molecule has 0 aliphatic carbocycles. The van der Waals surface area contributed by atoms with Crippen LogP contribution in [0.2, 0.25) is 0 Å². The molecule has 4 heteroatoms. The molecular formula is C15H25N3O. The first kappa shape index (κ1) is 14.4. The van der Waals surface area contributed by atoms with Crippen LogP contribution in [-0.2, 0) is 11.2 Å². The molecule has 0 aromatic carbocycles. The Hall–Kier alpha value is -0.970. The maximum absolute atomic E-state index is 5.58. The predicted octanol–water partition coefficient (Wildman–Crippen LogP) is 1.32. The van der Waals surface area contributed by atoms with Crippen molar-refractivity contribution in [3.05, 3.63) is 30.1 Å². The highest BCUT2D eigenvalue weighted by Crippen LogP contribution is 2.10. The first-order chi connectivity index (χ1) is 9.34. The molecule has 0 amide bonds. The van der Waals surface area contributed by atoms with Crippen LogP contribution in [0.5, 0.6) is 0 Å². The van der Waals surface area contributed by atoms with Crippen LogP contribution in [0.1, 0.15) is 18.5 Å². The second kappa shape index (κ2) is 8.25. The quantitative estimate of drug-likeness (QED) is 0.718. The lowest BCUT2D eigenvalue weighted by Gasteiger charge is -2.17. The van der Waals surface area contributed by atoms with E-state index < -0.39 is 0 Å². The zero-order valence-electron chi connectivity index (χ0n) is 11.8. The van der Waals surface area contributed by atoms with Crippen LogP contribution in [0.15, 0.2) is 24.4 Å². The molecule has 19 heavy (non-hydrogen) atoms. The number of rotatable bonds is 8. The van der Waals surface area contributed by atoms with Gasteiger partial charge in [0.15, 0.2) is 0 Å². The van der Waals surface area contributed by atoms with Crippen molar-refractivity contribution < 1.29 is 4.74 Å². The zero-order chi connectivity index (χ0) is 13.3. The van der Waals surface area contributed by atoms with Crippen molar-refractivity contribution in [2.24, 2.45) is 0 Å². The number of pyridine rings is 1. The van der Waals surface area contributed by atoms with E-state index in [0.29, 0.717) is 6.10 Å². The van der Waals surface area contributed by atoms with Crippen LogP contribution < -0.4 is 5.32 Å². The molecule has 1 aliphatic rings. The van der Waals surface area contributed by atoms with Gasteiger partial charge in [-0.1, -0.05) is 6.07 Å². The van der Waals surface area contributed by atoms with Crippen molar-refractivity contribution in [1.29, 1.82) is 0 Å². The summed E-state index contributed by atoms with van der Waals surface area (Å²) in [7, 11) is 2.16. The third-order valence-corrected chi connectivity index (χ3v) is 3.54. The second-order valence-electron chi connectivity index (χ2n) is 5.21. The Balaban J connectivity index is 1.51. The summed E-state index contributed by atoms with van der Waals surface area (Å²) in [5.74, 6) is 0. The highest BCUT2D eigenvalue weighted by Gasteiger charge is 2.14. The van der Waals surface area contributed by atoms with Gasteiger partial charge in [0.25, 0.3) is 0 Å². The van der Waals surface area contributed by atoms with Gasteiger partial charge in [0.1, 0.15) is 0 Å². The monoisotopic (exact) mass is 263 g/mol. The van der Waals surface area contributed by atoms with Crippen molar-refractivity contribution >= 4 is 0 Å². The summed E-state index contributed by atoms with van der Waals surface area (Å²) in [6.07, 6.45) is 5.75. The van der Waals surface area contributed by atoms with Crippen LogP contribution in [0, 0.1) is 0 Å². The summed E-state index contributed by atoms with van der Waals surface area (Å²) in [5, 5.41) is 3.47. The fraction of sp³-hybridized carbons (Fsp3) is 0.667. The number of hydrogen-bond donors (Lipinski definition) is 1. The summed E-state index contributed by atoms with van der Waals surface area (Å²) < 4.78 is 5.58. The fourth-order valence-electron chi connectivity index (χ4n) is 2.30. The molecule has 1 N–H and O–H groups in total. The molecule has 0 saturated carbocycles. The average molecular weight is 263 g/mol. The molecule has 2 heterocycles. The van der Waals surface area contributed by atoms with Crippen LogP contribution in [0.25, 0.3) is 0 Å². The molecule has 1 fully saturated rings. The van der Waals surface area contributed by atoms with Gasteiger partial charge in [-0.15, -0.1) is 0 Å². The van der Waals surface area contributed by atoms with Gasteiger partial charge in [-0.25, -0.2) is 0 Å². The average Bonchev–Trinajstić information content (AvgIpc) is 2.96. The zero-order valence-corrected chi connectivity index (χ0v) is 11.8. The van der Waals surface area contributed by atoms with Gasteiger partial charge in [-0.05, 0) is 32.0 Å². The molecule has 1 aromatic heterocycles. The molecule has 4 nitrogen and oxygen atoms in total. The van der Waals surface area contributed by atoms with E-state index in [0.717, 1.165) is 39.2 Å². The molecule has 0 radical (unpaired) electrons. The van der Waals surface area contributed by atoms with Gasteiger partial charge in [-0.2, -0.15) is 0 Å². The van der Waals surface area contributed by atoms with E-state index in [1.807, 2.05) is 18.3 Å². The van der Waals surface area contributed by atoms with Crippen LogP contribution >= 0.6 is 0 Å². The molecule has 1 atom stereocenters. The first-order valence-corrected chi connectivity index (χ1v) is 7.25. The summed E-state index contributed by atoms with van der Waals surface area (Å²) in [4.78, 5) is 6.69. The number of nitrogens with zero attached hydrogens (tertiary/aromatic N) is 2. The molecule has 1 aliphatic heterocycles. The molecule has 0 bridgehead atoms. The largest absolute Gasteiger partial charge is 0.377 e. The van der Waals surface area contributed by atoms with Gasteiger partial charge >= 0.3 is 0 Å². The van der Waals surface area contributed by atoms with Gasteiger partial charge in [-0.3, -0.25) is 4.98 Å². The molecule has 1 unspecified atom stereocenters. The first-order valence-electron chi connectivity index (χ1n) is 7.25. The number of ether oxygens (including phenoxy) is 1. The maximum Gasteiger partial charge on any atom is 0.0700 e. The van der Waals surface area contributed by atoms with E-state index in [2.05, 4.69) is 28.3 Å². The Bertz CT molecular complexity index is 339. The molecule has 0 spiro atoms. The van der Waals surface area contributed by atoms with Crippen LogP contribution in [0.4, 0.5) is 0 Å². The number of hydrogen-bond acceptors (Lipinski definition) is 4. The summed E-state index contributed by atoms with van der Waals surface area (Å²) in [6.45, 7) is 5.08. The Morgan fingerprint density at radius 3 is 3.11 bits per heavy atom. The molecule has 1 saturated heterocycles. The third-order valence-electron chi connectivity index (χ3n) is 3.54. The second-order valence-corrected chi connectivity index (χ2v) is 5.21. The van der Waals surface area contributed by atoms with E-state index >= 15 is 0 Å². The van der Waals surface area contributed by atoms with Crippen molar-refractivity contribution in [1.82, 2.24) is 15.2 Å². The fourth-order valence-corrected chi connectivity index (χ4v) is 2.30. The van der Waals surface area contributed by atoms with Gasteiger partial charge in [0, 0.05) is 51.1 Å². The lowest BCUT2D eigenvalue weighted by molar-refractivity contribution is 0.109. The lowest BCUT2D eigenvalue weighted by atomic mass is 10.2. The predicted molar refractivity (Wildman–Crippen MR) is 77.3 cm³/mol. The maximum atomic E-state index is 5.58. The van der Waals surface area contributed by atoms with Crippen molar-refractivity contribution in [3.63, 3.8) is 0 Å². The minimum atomic E-state index is 0.443. The minimum Gasteiger partial charge on any atom is -0.377 e. The Labute approximate surface area is 116 Å². The molecular weight excluding hydrogens is 238 g/mol. The van der Waals surface area contributed by atoms with Crippen LogP contribution in [0.3, 0.4) is 0 Å². The van der Waals surface area contributed by atoms with E-state index in [4.69, 9.17) is 4.74 Å². The Morgan fingerprint density at radius 2 is 2.37 bits per heavy atom. The highest BCUT2D eigenvalue weighted by molar-refractivity contribution is 5.03. The SMILES string of the molecule is CN(CCNCC1CCCO1)CCc1ccccn1. The number of nitrogens with one attached hydrogen (secondary N) is 1. The van der Waals surface area contributed by atoms with Gasteiger partial charge in [0.05, 0.1) is 6.10 Å². The van der Waals surface area contributed by atoms with E-state index in [-0.39, 0.29) is 0 Å². The standard InChI is InChI=1S/C15H25N3O/c1-18(10-7-14-5-2-3-8-17-14)11-9-16-13-15-6-4-12-19-15/h2-3,5,8,15-16H,4,6-7,9-13H2,1H3. The van der Waals surface area contributed by atoms with E-state index in [1.54, 1.807) is 0 Å². The smallest absolute Gasteiger partial charge is 0.0700 e. The normalized spacial score (nSPS) is 19.2. The molecule has 1 aromatic rings. The van der Waals surface area contributed by atoms with E-state index in [9.17, 15) is 0 Å². The van der Waals surface area contributed by atoms with Gasteiger partial charge in [0.2, 0.25) is 0 Å². The number of aromatic nitrogens is 1.